The molecule has 120 valence electrons. The zero-order chi connectivity index (χ0) is 16.0. The van der Waals surface area contributed by atoms with Crippen molar-refractivity contribution in [3.05, 3.63) is 53.7 Å². The number of fused-ring (bicyclic) bond motifs is 4. The van der Waals surface area contributed by atoms with E-state index in [1.807, 2.05) is 24.3 Å². The van der Waals surface area contributed by atoms with Gasteiger partial charge in [0, 0.05) is 29.2 Å². The number of halogens is 1. The Bertz CT molecular complexity index is 747. The molecule has 4 heterocycles. The van der Waals surface area contributed by atoms with Gasteiger partial charge in [0.2, 0.25) is 0 Å². The van der Waals surface area contributed by atoms with Crippen molar-refractivity contribution < 1.29 is 5.11 Å². The number of hydrogen-bond donors (Lipinski definition) is 1. The van der Waals surface area contributed by atoms with Gasteiger partial charge in [0.15, 0.2) is 0 Å². The maximum Gasteiger partial charge on any atom is 0.0952 e. The van der Waals surface area contributed by atoms with E-state index in [0.29, 0.717) is 16.9 Å². The zero-order valence-electron chi connectivity index (χ0n) is 13.0. The molecule has 0 amide bonds. The van der Waals surface area contributed by atoms with E-state index in [2.05, 4.69) is 22.5 Å². The fraction of sp³-hybridized carbons (Fsp3) is 0.421. The molecule has 4 heteroatoms. The number of aliphatic hydroxyl groups is 1. The Morgan fingerprint density at radius 1 is 1.39 bits per heavy atom. The highest BCUT2D eigenvalue weighted by molar-refractivity contribution is 6.31. The molecule has 1 aromatic carbocycles. The van der Waals surface area contributed by atoms with E-state index in [4.69, 9.17) is 11.6 Å². The summed E-state index contributed by atoms with van der Waals surface area (Å²) in [6.45, 7) is 6.05. The number of aliphatic hydroxyl groups excluding tert-OH is 1. The number of nitrogens with zero attached hydrogens (tertiary/aromatic N) is 2. The lowest BCUT2D eigenvalue weighted by Crippen LogP contribution is -2.54. The van der Waals surface area contributed by atoms with E-state index in [-0.39, 0.29) is 6.04 Å². The van der Waals surface area contributed by atoms with Crippen LogP contribution in [0.4, 0.5) is 0 Å². The second-order valence-electron chi connectivity index (χ2n) is 6.75. The molecule has 3 fully saturated rings. The van der Waals surface area contributed by atoms with Gasteiger partial charge >= 0.3 is 0 Å². The summed E-state index contributed by atoms with van der Waals surface area (Å²) in [6, 6.07) is 7.76. The molecule has 0 spiro atoms. The number of rotatable bonds is 3. The van der Waals surface area contributed by atoms with Crippen LogP contribution in [0.15, 0.2) is 43.1 Å². The zero-order valence-corrected chi connectivity index (χ0v) is 13.8. The minimum atomic E-state index is -0.507. The molecule has 5 rings (SSSR count). The molecule has 5 atom stereocenters. The molecule has 3 aliphatic heterocycles. The Kier molecular flexibility index (Phi) is 3.88. The molecule has 3 saturated heterocycles. The van der Waals surface area contributed by atoms with Crippen LogP contribution in [0.1, 0.15) is 24.5 Å². The highest BCUT2D eigenvalue weighted by Gasteiger charge is 2.42. The maximum atomic E-state index is 11.1. The van der Waals surface area contributed by atoms with Crippen molar-refractivity contribution in [1.82, 2.24) is 9.88 Å². The lowest BCUT2D eigenvalue weighted by Gasteiger charge is -2.50. The topological polar surface area (TPSA) is 36.4 Å². The van der Waals surface area contributed by atoms with Gasteiger partial charge in [0.25, 0.3) is 0 Å². The van der Waals surface area contributed by atoms with Gasteiger partial charge in [-0.05, 0) is 61.1 Å². The first kappa shape index (κ1) is 15.1. The summed E-state index contributed by atoms with van der Waals surface area (Å²) in [5, 5.41) is 12.7. The van der Waals surface area contributed by atoms with Crippen LogP contribution in [0.25, 0.3) is 10.9 Å². The Balaban J connectivity index is 1.69. The third kappa shape index (κ3) is 2.57. The lowest BCUT2D eigenvalue weighted by atomic mass is 9.73. The second-order valence-corrected chi connectivity index (χ2v) is 7.19. The minimum absolute atomic E-state index is 0.175. The normalized spacial score (nSPS) is 31.2. The van der Waals surface area contributed by atoms with Crippen LogP contribution in [0.5, 0.6) is 0 Å². The smallest absolute Gasteiger partial charge is 0.0952 e. The standard InChI is InChI=1S/C19H21ClN2O/c1-2-12-11-22-8-6-13(12)9-18(22)19(23)15-5-7-21-17-4-3-14(20)10-16(15)17/h2-5,7,10,12-13,18-19,23H,1,6,8-9,11H2/t12-,13-,18-,19+/m0/s1. The van der Waals surface area contributed by atoms with E-state index in [9.17, 15) is 5.11 Å². The lowest BCUT2D eigenvalue weighted by molar-refractivity contribution is -0.0444. The van der Waals surface area contributed by atoms with E-state index in [1.54, 1.807) is 6.20 Å². The Morgan fingerprint density at radius 2 is 2.26 bits per heavy atom. The number of hydrogen-bond acceptors (Lipinski definition) is 3. The third-order valence-corrected chi connectivity index (χ3v) is 5.81. The third-order valence-electron chi connectivity index (χ3n) is 5.57. The summed E-state index contributed by atoms with van der Waals surface area (Å²) < 4.78 is 0. The minimum Gasteiger partial charge on any atom is -0.387 e. The molecule has 23 heavy (non-hydrogen) atoms. The van der Waals surface area contributed by atoms with Gasteiger partial charge in [-0.15, -0.1) is 6.58 Å². The average Bonchev–Trinajstić information content (AvgIpc) is 2.60. The Morgan fingerprint density at radius 3 is 3.00 bits per heavy atom. The van der Waals surface area contributed by atoms with E-state index >= 15 is 0 Å². The van der Waals surface area contributed by atoms with Crippen LogP contribution < -0.4 is 0 Å². The fourth-order valence-electron chi connectivity index (χ4n) is 4.31. The van der Waals surface area contributed by atoms with Crippen LogP contribution >= 0.6 is 11.6 Å². The SMILES string of the molecule is C=C[C@H]1CN2CC[C@H]1C[C@H]2[C@H](O)c1ccnc2ccc(Cl)cc12. The van der Waals surface area contributed by atoms with Crippen LogP contribution in [-0.4, -0.2) is 34.1 Å². The summed E-state index contributed by atoms with van der Waals surface area (Å²) in [7, 11) is 0. The number of aromatic nitrogens is 1. The summed E-state index contributed by atoms with van der Waals surface area (Å²) in [6.07, 6.45) is 5.59. The van der Waals surface area contributed by atoms with Gasteiger partial charge < -0.3 is 5.11 Å². The molecule has 3 nitrogen and oxygen atoms in total. The number of benzene rings is 1. The van der Waals surface area contributed by atoms with Crippen LogP contribution in [0.2, 0.25) is 5.02 Å². The van der Waals surface area contributed by atoms with Crippen LogP contribution in [-0.2, 0) is 0 Å². The largest absolute Gasteiger partial charge is 0.387 e. The van der Waals surface area contributed by atoms with Gasteiger partial charge in [0.1, 0.15) is 0 Å². The van der Waals surface area contributed by atoms with Gasteiger partial charge in [-0.2, -0.15) is 0 Å². The molecule has 0 radical (unpaired) electrons. The second kappa shape index (κ2) is 5.90. The van der Waals surface area contributed by atoms with Crippen molar-refractivity contribution in [2.75, 3.05) is 13.1 Å². The van der Waals surface area contributed by atoms with E-state index < -0.39 is 6.10 Å². The van der Waals surface area contributed by atoms with Gasteiger partial charge in [0.05, 0.1) is 11.6 Å². The van der Waals surface area contributed by atoms with Crippen LogP contribution in [0.3, 0.4) is 0 Å². The molecule has 2 bridgehead atoms. The summed E-state index contributed by atoms with van der Waals surface area (Å²) >= 11 is 6.15. The van der Waals surface area contributed by atoms with Crippen molar-refractivity contribution in [2.24, 2.45) is 11.8 Å². The molecule has 0 saturated carbocycles. The van der Waals surface area contributed by atoms with Crippen molar-refractivity contribution in [2.45, 2.75) is 25.0 Å². The number of piperidine rings is 3. The van der Waals surface area contributed by atoms with Crippen molar-refractivity contribution in [1.29, 1.82) is 0 Å². The first-order chi connectivity index (χ1) is 11.2. The molecular formula is C19H21ClN2O. The summed E-state index contributed by atoms with van der Waals surface area (Å²) in [4.78, 5) is 6.81. The highest BCUT2D eigenvalue weighted by Crippen LogP contribution is 2.42. The predicted octanol–water partition coefficient (Wildman–Crippen LogP) is 3.82. The average molecular weight is 329 g/mol. The van der Waals surface area contributed by atoms with E-state index in [0.717, 1.165) is 36.0 Å². The quantitative estimate of drug-likeness (QED) is 0.870. The van der Waals surface area contributed by atoms with Crippen LogP contribution in [0, 0.1) is 11.8 Å². The fourth-order valence-corrected chi connectivity index (χ4v) is 4.48. The van der Waals surface area contributed by atoms with Gasteiger partial charge in [-0.3, -0.25) is 9.88 Å². The van der Waals surface area contributed by atoms with Crippen molar-refractivity contribution in [3.8, 4) is 0 Å². The summed E-state index contributed by atoms with van der Waals surface area (Å²) in [5.74, 6) is 1.21. The molecule has 1 unspecified atom stereocenters. The maximum absolute atomic E-state index is 11.1. The Hall–Kier alpha value is -1.42. The summed E-state index contributed by atoms with van der Waals surface area (Å²) in [5.41, 5.74) is 1.82. The monoisotopic (exact) mass is 328 g/mol. The van der Waals surface area contributed by atoms with Gasteiger partial charge in [-0.25, -0.2) is 0 Å². The highest BCUT2D eigenvalue weighted by atomic mass is 35.5. The van der Waals surface area contributed by atoms with E-state index in [1.165, 1.54) is 6.42 Å². The molecule has 1 aromatic heterocycles. The first-order valence-electron chi connectivity index (χ1n) is 8.26. The number of pyridine rings is 1. The van der Waals surface area contributed by atoms with Crippen molar-refractivity contribution in [3.63, 3.8) is 0 Å². The van der Waals surface area contributed by atoms with Gasteiger partial charge in [-0.1, -0.05) is 17.7 Å². The molecular weight excluding hydrogens is 308 g/mol. The molecule has 1 N–H and O–H groups in total. The Labute approximate surface area is 141 Å². The molecule has 3 aliphatic rings. The molecule has 2 aromatic rings. The van der Waals surface area contributed by atoms with Crippen molar-refractivity contribution >= 4 is 22.5 Å². The first-order valence-corrected chi connectivity index (χ1v) is 8.64. The predicted molar refractivity (Wildman–Crippen MR) is 93.5 cm³/mol. The molecule has 0 aliphatic carbocycles.